The van der Waals surface area contributed by atoms with E-state index in [1.54, 1.807) is 6.20 Å². The third kappa shape index (κ3) is 5.76. The maximum atomic E-state index is 12.1. The first-order chi connectivity index (χ1) is 15.5. The maximum Gasteiger partial charge on any atom is 0.229 e. The SMILES string of the molecule is Cc1nn([C@@H]2CCN(C)C2)cc1Nc1ncc(Br)c(NCCCN2CCOCCC2=O)n1. The van der Waals surface area contributed by atoms with Gasteiger partial charge in [0.05, 0.1) is 41.5 Å². The van der Waals surface area contributed by atoms with E-state index in [0.29, 0.717) is 51.3 Å². The van der Waals surface area contributed by atoms with Crippen LogP contribution in [0.3, 0.4) is 0 Å². The standard InChI is InChI=1S/C21H31BrN8O2/c1-15-18(14-30(27-15)16-4-8-28(2)13-16)25-21-24-12-17(22)20(26-21)23-6-3-7-29-9-11-32-10-5-19(29)31/h12,14,16H,3-11,13H2,1-2H3,(H2,23,24,25,26)/t16-/m1/s1. The molecule has 0 radical (unpaired) electrons. The van der Waals surface area contributed by atoms with Crippen LogP contribution in [0.2, 0.25) is 0 Å². The Hall–Kier alpha value is -2.24. The van der Waals surface area contributed by atoms with Crippen molar-refractivity contribution < 1.29 is 9.53 Å². The summed E-state index contributed by atoms with van der Waals surface area (Å²) in [4.78, 5) is 25.3. The Bertz CT molecular complexity index is 937. The van der Waals surface area contributed by atoms with Crippen LogP contribution in [-0.4, -0.2) is 88.4 Å². The molecule has 2 saturated heterocycles. The minimum atomic E-state index is 0.164. The quantitative estimate of drug-likeness (QED) is 0.526. The summed E-state index contributed by atoms with van der Waals surface area (Å²) in [5, 5.41) is 11.3. The summed E-state index contributed by atoms with van der Waals surface area (Å²) >= 11 is 3.52. The molecule has 0 aromatic carbocycles. The Morgan fingerprint density at radius 1 is 1.31 bits per heavy atom. The molecule has 2 N–H and O–H groups in total. The monoisotopic (exact) mass is 506 g/mol. The lowest BCUT2D eigenvalue weighted by Gasteiger charge is -2.19. The molecule has 0 unspecified atom stereocenters. The van der Waals surface area contributed by atoms with Gasteiger partial charge in [-0.1, -0.05) is 0 Å². The van der Waals surface area contributed by atoms with Gasteiger partial charge in [0.1, 0.15) is 5.82 Å². The van der Waals surface area contributed by atoms with Crippen molar-refractivity contribution in [1.29, 1.82) is 0 Å². The number of hydrogen-bond donors (Lipinski definition) is 2. The molecule has 2 fully saturated rings. The molecule has 0 bridgehead atoms. The maximum absolute atomic E-state index is 12.1. The number of rotatable bonds is 8. The molecule has 4 rings (SSSR count). The third-order valence-corrected chi connectivity index (χ3v) is 6.44. The zero-order valence-electron chi connectivity index (χ0n) is 18.7. The zero-order valence-corrected chi connectivity index (χ0v) is 20.3. The van der Waals surface area contributed by atoms with Crippen molar-refractivity contribution in [1.82, 2.24) is 29.5 Å². The van der Waals surface area contributed by atoms with Crippen LogP contribution < -0.4 is 10.6 Å². The topological polar surface area (TPSA) is 100 Å². The molecule has 0 saturated carbocycles. The average molecular weight is 507 g/mol. The van der Waals surface area contributed by atoms with Crippen LogP contribution in [0, 0.1) is 6.92 Å². The van der Waals surface area contributed by atoms with Crippen molar-refractivity contribution in [2.45, 2.75) is 32.2 Å². The highest BCUT2D eigenvalue weighted by atomic mass is 79.9. The number of likely N-dealkylation sites (tertiary alicyclic amines) is 1. The molecule has 174 valence electrons. The van der Waals surface area contributed by atoms with Crippen molar-refractivity contribution in [2.75, 3.05) is 63.6 Å². The minimum Gasteiger partial charge on any atom is -0.379 e. The molecule has 4 heterocycles. The summed E-state index contributed by atoms with van der Waals surface area (Å²) in [6, 6.07) is 0.403. The molecule has 0 aliphatic carbocycles. The number of ether oxygens (including phenoxy) is 1. The summed E-state index contributed by atoms with van der Waals surface area (Å²) in [5.41, 5.74) is 1.83. The average Bonchev–Trinajstić information content (AvgIpc) is 3.30. The fraction of sp³-hybridized carbons (Fsp3) is 0.619. The normalized spacial score (nSPS) is 19.9. The van der Waals surface area contributed by atoms with Gasteiger partial charge in [-0.15, -0.1) is 0 Å². The molecular weight excluding hydrogens is 476 g/mol. The van der Waals surface area contributed by atoms with Gasteiger partial charge in [-0.25, -0.2) is 4.98 Å². The van der Waals surface area contributed by atoms with E-state index in [1.807, 2.05) is 22.7 Å². The van der Waals surface area contributed by atoms with Gasteiger partial charge in [0, 0.05) is 38.6 Å². The summed E-state index contributed by atoms with van der Waals surface area (Å²) in [6.07, 6.45) is 6.18. The largest absolute Gasteiger partial charge is 0.379 e. The second-order valence-electron chi connectivity index (χ2n) is 8.35. The lowest BCUT2D eigenvalue weighted by Crippen LogP contribution is -2.33. The molecule has 2 aliphatic rings. The number of aryl methyl sites for hydroxylation is 1. The zero-order chi connectivity index (χ0) is 22.5. The van der Waals surface area contributed by atoms with Gasteiger partial charge >= 0.3 is 0 Å². The molecule has 32 heavy (non-hydrogen) atoms. The number of nitrogens with zero attached hydrogens (tertiary/aromatic N) is 6. The van der Waals surface area contributed by atoms with Gasteiger partial charge in [-0.05, 0) is 49.3 Å². The van der Waals surface area contributed by atoms with E-state index in [1.165, 1.54) is 0 Å². The van der Waals surface area contributed by atoms with Crippen LogP contribution >= 0.6 is 15.9 Å². The van der Waals surface area contributed by atoms with Crippen LogP contribution in [0.5, 0.6) is 0 Å². The van der Waals surface area contributed by atoms with Crippen LogP contribution in [0.15, 0.2) is 16.9 Å². The number of amides is 1. The number of halogens is 1. The van der Waals surface area contributed by atoms with E-state index in [9.17, 15) is 4.79 Å². The second kappa shape index (κ2) is 10.6. The molecule has 2 aromatic rings. The molecule has 0 spiro atoms. The minimum absolute atomic E-state index is 0.164. The van der Waals surface area contributed by atoms with E-state index in [-0.39, 0.29) is 5.91 Å². The third-order valence-electron chi connectivity index (χ3n) is 5.86. The molecule has 10 nitrogen and oxygen atoms in total. The Labute approximate surface area is 196 Å². The summed E-state index contributed by atoms with van der Waals surface area (Å²) in [6.45, 7) is 7.30. The van der Waals surface area contributed by atoms with Crippen molar-refractivity contribution in [3.63, 3.8) is 0 Å². The smallest absolute Gasteiger partial charge is 0.229 e. The lowest BCUT2D eigenvalue weighted by atomic mass is 10.3. The molecular formula is C21H31BrN8O2. The Morgan fingerprint density at radius 2 is 2.19 bits per heavy atom. The fourth-order valence-corrected chi connectivity index (χ4v) is 4.35. The molecule has 11 heteroatoms. The number of nitrogens with one attached hydrogen (secondary N) is 2. The van der Waals surface area contributed by atoms with E-state index in [0.717, 1.165) is 47.6 Å². The van der Waals surface area contributed by atoms with Crippen molar-refractivity contribution in [3.8, 4) is 0 Å². The van der Waals surface area contributed by atoms with E-state index >= 15 is 0 Å². The van der Waals surface area contributed by atoms with Crippen LogP contribution in [0.4, 0.5) is 17.5 Å². The van der Waals surface area contributed by atoms with Crippen molar-refractivity contribution in [3.05, 3.63) is 22.6 Å². The first-order valence-corrected chi connectivity index (χ1v) is 11.9. The summed E-state index contributed by atoms with van der Waals surface area (Å²) in [7, 11) is 2.14. The lowest BCUT2D eigenvalue weighted by molar-refractivity contribution is -0.130. The molecule has 1 amide bonds. The van der Waals surface area contributed by atoms with Gasteiger partial charge in [-0.2, -0.15) is 10.1 Å². The molecule has 1 atom stereocenters. The van der Waals surface area contributed by atoms with E-state index < -0.39 is 0 Å². The fourth-order valence-electron chi connectivity index (χ4n) is 4.02. The van der Waals surface area contributed by atoms with E-state index in [4.69, 9.17) is 4.74 Å². The van der Waals surface area contributed by atoms with Crippen molar-refractivity contribution >= 4 is 39.3 Å². The van der Waals surface area contributed by atoms with Crippen LogP contribution in [0.1, 0.15) is 31.0 Å². The van der Waals surface area contributed by atoms with Crippen LogP contribution in [0.25, 0.3) is 0 Å². The number of carbonyl (C=O) groups is 1. The second-order valence-corrected chi connectivity index (χ2v) is 9.21. The van der Waals surface area contributed by atoms with Gasteiger partial charge in [0.25, 0.3) is 0 Å². The number of anilines is 3. The first kappa shape index (κ1) is 22.9. The summed E-state index contributed by atoms with van der Waals surface area (Å²) < 4.78 is 8.22. The summed E-state index contributed by atoms with van der Waals surface area (Å²) in [5.74, 6) is 1.40. The van der Waals surface area contributed by atoms with Crippen LogP contribution in [-0.2, 0) is 9.53 Å². The predicted molar refractivity (Wildman–Crippen MR) is 126 cm³/mol. The Kier molecular flexibility index (Phi) is 7.59. The molecule has 2 aromatic heterocycles. The van der Waals surface area contributed by atoms with Crippen molar-refractivity contribution in [2.24, 2.45) is 0 Å². The number of aromatic nitrogens is 4. The van der Waals surface area contributed by atoms with Gasteiger partial charge in [-0.3, -0.25) is 9.48 Å². The Balaban J connectivity index is 1.32. The number of carbonyl (C=O) groups excluding carboxylic acids is 1. The number of likely N-dealkylation sites (N-methyl/N-ethyl adjacent to an activating group) is 1. The first-order valence-electron chi connectivity index (χ1n) is 11.1. The van der Waals surface area contributed by atoms with E-state index in [2.05, 4.69) is 53.6 Å². The van der Waals surface area contributed by atoms with Gasteiger partial charge in [0.2, 0.25) is 11.9 Å². The highest BCUT2D eigenvalue weighted by Crippen LogP contribution is 2.26. The Morgan fingerprint density at radius 3 is 3.00 bits per heavy atom. The van der Waals surface area contributed by atoms with Gasteiger partial charge in [0.15, 0.2) is 0 Å². The number of hydrogen-bond acceptors (Lipinski definition) is 8. The highest BCUT2D eigenvalue weighted by Gasteiger charge is 2.23. The molecule has 2 aliphatic heterocycles. The highest BCUT2D eigenvalue weighted by molar-refractivity contribution is 9.10. The van der Waals surface area contributed by atoms with Gasteiger partial charge < -0.3 is 25.2 Å². The predicted octanol–water partition coefficient (Wildman–Crippen LogP) is 2.42.